The van der Waals surface area contributed by atoms with E-state index in [1.54, 1.807) is 0 Å². The molecule has 0 N–H and O–H groups in total. The van der Waals surface area contributed by atoms with Crippen molar-refractivity contribution in [1.29, 1.82) is 0 Å². The predicted octanol–water partition coefficient (Wildman–Crippen LogP) is 12.0. The van der Waals surface area contributed by atoms with Gasteiger partial charge in [0.1, 0.15) is 6.17 Å². The highest BCUT2D eigenvalue weighted by Crippen LogP contribution is 2.24. The molecule has 0 amide bonds. The average Bonchev–Trinajstić information content (AvgIpc) is 3.29. The van der Waals surface area contributed by atoms with Gasteiger partial charge in [0, 0.05) is 25.5 Å². The maximum Gasteiger partial charge on any atom is 0.101 e. The molecule has 1 atom stereocenters. The lowest BCUT2D eigenvalue weighted by Gasteiger charge is -2.33. The Hall–Kier alpha value is -0.660. The lowest BCUT2D eigenvalue weighted by atomic mass is 10.0. The van der Waals surface area contributed by atoms with Crippen molar-refractivity contribution in [1.82, 2.24) is 9.80 Å². The maximum absolute atomic E-state index is 2.69. The van der Waals surface area contributed by atoms with Crippen LogP contribution in [0.15, 0.2) is 12.4 Å². The zero-order valence-corrected chi connectivity index (χ0v) is 26.1. The standard InChI is InChI=1S/C35H70N2/c1-4-7-10-13-15-16-17-18-19-20-21-22-24-27-30-35-36(31-28-25-12-9-6-3)33-34-37(35)32-29-26-23-14-11-8-5-2/h33-35H,4-32H2,1-3H3. The van der Waals surface area contributed by atoms with Gasteiger partial charge in [0.15, 0.2) is 0 Å². The van der Waals surface area contributed by atoms with Crippen molar-refractivity contribution in [2.75, 3.05) is 13.1 Å². The highest BCUT2D eigenvalue weighted by Gasteiger charge is 2.24. The molecule has 0 aliphatic carbocycles. The minimum Gasteiger partial charge on any atom is -0.356 e. The second kappa shape index (κ2) is 26.9. The molecule has 37 heavy (non-hydrogen) atoms. The third kappa shape index (κ3) is 20.0. The molecule has 0 aromatic heterocycles. The van der Waals surface area contributed by atoms with Gasteiger partial charge >= 0.3 is 0 Å². The quantitative estimate of drug-likeness (QED) is 0.0908. The van der Waals surface area contributed by atoms with Gasteiger partial charge in [0.2, 0.25) is 0 Å². The summed E-state index contributed by atoms with van der Waals surface area (Å²) in [6.07, 6.45) is 44.0. The van der Waals surface area contributed by atoms with Crippen LogP contribution in [-0.4, -0.2) is 29.1 Å². The van der Waals surface area contributed by atoms with Gasteiger partial charge in [0.05, 0.1) is 0 Å². The van der Waals surface area contributed by atoms with Crippen LogP contribution in [0.1, 0.15) is 194 Å². The molecule has 0 saturated heterocycles. The van der Waals surface area contributed by atoms with Gasteiger partial charge in [-0.2, -0.15) is 0 Å². The summed E-state index contributed by atoms with van der Waals surface area (Å²) in [5.74, 6) is 0. The maximum atomic E-state index is 2.69. The van der Waals surface area contributed by atoms with Crippen molar-refractivity contribution < 1.29 is 0 Å². The van der Waals surface area contributed by atoms with E-state index in [4.69, 9.17) is 0 Å². The van der Waals surface area contributed by atoms with Crippen molar-refractivity contribution in [2.45, 2.75) is 200 Å². The summed E-state index contributed by atoms with van der Waals surface area (Å²) >= 11 is 0. The second-order valence-corrected chi connectivity index (χ2v) is 12.2. The number of hydrogen-bond acceptors (Lipinski definition) is 2. The van der Waals surface area contributed by atoms with E-state index in [0.29, 0.717) is 6.17 Å². The van der Waals surface area contributed by atoms with Crippen LogP contribution in [0.3, 0.4) is 0 Å². The van der Waals surface area contributed by atoms with Crippen LogP contribution in [0.2, 0.25) is 0 Å². The molecule has 0 aromatic carbocycles. The highest BCUT2D eigenvalue weighted by molar-refractivity contribution is 4.97. The lowest BCUT2D eigenvalue weighted by molar-refractivity contribution is 0.135. The zero-order valence-electron chi connectivity index (χ0n) is 26.1. The van der Waals surface area contributed by atoms with Crippen molar-refractivity contribution >= 4 is 0 Å². The predicted molar refractivity (Wildman–Crippen MR) is 168 cm³/mol. The van der Waals surface area contributed by atoms with Crippen LogP contribution < -0.4 is 0 Å². The molecule has 0 radical (unpaired) electrons. The summed E-state index contributed by atoms with van der Waals surface area (Å²) in [5.41, 5.74) is 0. The summed E-state index contributed by atoms with van der Waals surface area (Å²) < 4.78 is 0. The Morgan fingerprint density at radius 1 is 0.351 bits per heavy atom. The highest BCUT2D eigenvalue weighted by atomic mass is 15.4. The Kier molecular flexibility index (Phi) is 25.0. The van der Waals surface area contributed by atoms with Gasteiger partial charge in [0.25, 0.3) is 0 Å². The van der Waals surface area contributed by atoms with E-state index in [0.717, 1.165) is 0 Å². The van der Waals surface area contributed by atoms with Crippen molar-refractivity contribution in [2.24, 2.45) is 0 Å². The number of rotatable bonds is 29. The van der Waals surface area contributed by atoms with Gasteiger partial charge < -0.3 is 9.80 Å². The Morgan fingerprint density at radius 3 is 0.946 bits per heavy atom. The lowest BCUT2D eigenvalue weighted by Crippen LogP contribution is -2.39. The minimum atomic E-state index is 0.642. The number of nitrogens with zero attached hydrogens (tertiary/aromatic N) is 2. The molecule has 1 aliphatic rings. The molecule has 2 heteroatoms. The van der Waals surface area contributed by atoms with Gasteiger partial charge in [-0.15, -0.1) is 0 Å². The smallest absolute Gasteiger partial charge is 0.101 e. The molecule has 220 valence electrons. The van der Waals surface area contributed by atoms with Crippen LogP contribution in [-0.2, 0) is 0 Å². The topological polar surface area (TPSA) is 6.48 Å². The van der Waals surface area contributed by atoms with Crippen molar-refractivity contribution in [3.05, 3.63) is 12.4 Å². The first-order valence-corrected chi connectivity index (χ1v) is 17.5. The summed E-state index contributed by atoms with van der Waals surface area (Å²) in [7, 11) is 0. The molecule has 0 saturated carbocycles. The molecule has 1 rings (SSSR count). The van der Waals surface area contributed by atoms with Crippen LogP contribution in [0.25, 0.3) is 0 Å². The van der Waals surface area contributed by atoms with Crippen molar-refractivity contribution in [3.8, 4) is 0 Å². The van der Waals surface area contributed by atoms with E-state index in [1.807, 2.05) is 0 Å². The summed E-state index contributed by atoms with van der Waals surface area (Å²) in [6, 6.07) is 0. The number of unbranched alkanes of at least 4 members (excludes halogenated alkanes) is 23. The van der Waals surface area contributed by atoms with E-state index in [-0.39, 0.29) is 0 Å². The van der Waals surface area contributed by atoms with Gasteiger partial charge in [-0.25, -0.2) is 0 Å². The summed E-state index contributed by atoms with van der Waals surface area (Å²) in [4.78, 5) is 5.38. The van der Waals surface area contributed by atoms with E-state index in [2.05, 4.69) is 43.0 Å². The Morgan fingerprint density at radius 2 is 0.622 bits per heavy atom. The molecular weight excluding hydrogens is 448 g/mol. The van der Waals surface area contributed by atoms with E-state index in [1.165, 1.54) is 186 Å². The Balaban J connectivity index is 2.16. The fourth-order valence-corrected chi connectivity index (χ4v) is 6.01. The molecule has 1 aliphatic heterocycles. The zero-order chi connectivity index (χ0) is 26.7. The molecule has 2 nitrogen and oxygen atoms in total. The molecule has 0 fully saturated rings. The SMILES string of the molecule is CCCCCCCCCCCCCCCCC1N(CCCCCCC)C=CN1CCCCCCCCC. The van der Waals surface area contributed by atoms with Gasteiger partial charge in [-0.1, -0.05) is 168 Å². The fourth-order valence-electron chi connectivity index (χ4n) is 6.01. The molecule has 0 spiro atoms. The van der Waals surface area contributed by atoms with E-state index < -0.39 is 0 Å². The van der Waals surface area contributed by atoms with Gasteiger partial charge in [-0.3, -0.25) is 0 Å². The minimum absolute atomic E-state index is 0.642. The normalized spacial score (nSPS) is 15.4. The van der Waals surface area contributed by atoms with E-state index in [9.17, 15) is 0 Å². The third-order valence-corrected chi connectivity index (χ3v) is 8.57. The second-order valence-electron chi connectivity index (χ2n) is 12.2. The monoisotopic (exact) mass is 519 g/mol. The average molecular weight is 519 g/mol. The van der Waals surface area contributed by atoms with E-state index >= 15 is 0 Å². The van der Waals surface area contributed by atoms with Gasteiger partial charge in [-0.05, 0) is 25.7 Å². The third-order valence-electron chi connectivity index (χ3n) is 8.57. The van der Waals surface area contributed by atoms with Crippen LogP contribution in [0.5, 0.6) is 0 Å². The molecule has 1 heterocycles. The van der Waals surface area contributed by atoms with Crippen LogP contribution in [0, 0.1) is 0 Å². The Bertz CT molecular complexity index is 474. The largest absolute Gasteiger partial charge is 0.356 e. The van der Waals surface area contributed by atoms with Crippen LogP contribution in [0.4, 0.5) is 0 Å². The first kappa shape index (κ1) is 34.4. The van der Waals surface area contributed by atoms with Crippen LogP contribution >= 0.6 is 0 Å². The molecule has 0 bridgehead atoms. The summed E-state index contributed by atoms with van der Waals surface area (Å²) in [5, 5.41) is 0. The molecule has 0 aromatic rings. The first-order chi connectivity index (χ1) is 18.3. The summed E-state index contributed by atoms with van der Waals surface area (Å²) in [6.45, 7) is 9.46. The number of hydrogen-bond donors (Lipinski definition) is 0. The molecule has 1 unspecified atom stereocenters. The fraction of sp³-hybridized carbons (Fsp3) is 0.943. The van der Waals surface area contributed by atoms with Crippen molar-refractivity contribution in [3.63, 3.8) is 0 Å². The first-order valence-electron chi connectivity index (χ1n) is 17.5. The molecular formula is C35H70N2. The Labute approximate surface area is 235 Å².